The third-order valence-corrected chi connectivity index (χ3v) is 5.03. The molecule has 2 aromatic carbocycles. The minimum absolute atomic E-state index is 0.185. The van der Waals surface area contributed by atoms with Crippen molar-refractivity contribution in [2.24, 2.45) is 0 Å². The standard InChI is InChI=1S/C21H21FN6O2S/c22-18-12-17(6-7-19(18)27-8-10-30-11-9-27)28-14-16(25-26-28)13-23-21(31)24-20(29)15-4-2-1-3-5-15/h1-7,12,14H,8-11,13H2,(H2,23,24,29,31). The van der Waals surface area contributed by atoms with Gasteiger partial charge in [-0.2, -0.15) is 0 Å². The van der Waals surface area contributed by atoms with Crippen molar-refractivity contribution in [3.8, 4) is 5.69 Å². The van der Waals surface area contributed by atoms with Crippen LogP contribution in [-0.4, -0.2) is 52.3 Å². The summed E-state index contributed by atoms with van der Waals surface area (Å²) in [6, 6.07) is 13.8. The van der Waals surface area contributed by atoms with Crippen molar-refractivity contribution in [2.45, 2.75) is 6.54 Å². The van der Waals surface area contributed by atoms with Crippen molar-refractivity contribution < 1.29 is 13.9 Å². The van der Waals surface area contributed by atoms with Gasteiger partial charge in [-0.15, -0.1) is 5.10 Å². The molecule has 3 aromatic rings. The lowest BCUT2D eigenvalue weighted by Crippen LogP contribution is -2.38. The summed E-state index contributed by atoms with van der Waals surface area (Å²) in [6.07, 6.45) is 1.68. The second-order valence-corrected chi connectivity index (χ2v) is 7.30. The lowest BCUT2D eigenvalue weighted by atomic mass is 10.2. The van der Waals surface area contributed by atoms with Crippen LogP contribution in [0.2, 0.25) is 0 Å². The maximum Gasteiger partial charge on any atom is 0.257 e. The summed E-state index contributed by atoms with van der Waals surface area (Å²) in [4.78, 5) is 14.1. The van der Waals surface area contributed by atoms with Crippen molar-refractivity contribution >= 4 is 28.9 Å². The lowest BCUT2D eigenvalue weighted by Gasteiger charge is -2.29. The Morgan fingerprint density at radius 3 is 2.68 bits per heavy atom. The van der Waals surface area contributed by atoms with Crippen LogP contribution in [0.5, 0.6) is 0 Å². The second kappa shape index (κ2) is 9.63. The lowest BCUT2D eigenvalue weighted by molar-refractivity contribution is 0.0976. The number of rotatable bonds is 5. The topological polar surface area (TPSA) is 84.3 Å². The molecule has 2 heterocycles. The molecule has 0 aliphatic carbocycles. The third kappa shape index (κ3) is 5.22. The molecule has 0 radical (unpaired) electrons. The number of morpholine rings is 1. The van der Waals surface area contributed by atoms with Crippen molar-refractivity contribution in [3.05, 3.63) is 71.8 Å². The average Bonchev–Trinajstić information content (AvgIpc) is 3.28. The van der Waals surface area contributed by atoms with Crippen molar-refractivity contribution in [3.63, 3.8) is 0 Å². The number of carbonyl (C=O) groups is 1. The summed E-state index contributed by atoms with van der Waals surface area (Å²) in [6.45, 7) is 2.77. The van der Waals surface area contributed by atoms with Crippen LogP contribution in [-0.2, 0) is 11.3 Å². The largest absolute Gasteiger partial charge is 0.378 e. The van der Waals surface area contributed by atoms with E-state index in [9.17, 15) is 9.18 Å². The van der Waals surface area contributed by atoms with Crippen LogP contribution >= 0.6 is 12.2 Å². The molecule has 0 unspecified atom stereocenters. The van der Waals surface area contributed by atoms with Crippen molar-refractivity contribution in [1.29, 1.82) is 0 Å². The van der Waals surface area contributed by atoms with E-state index >= 15 is 0 Å². The van der Waals surface area contributed by atoms with Gasteiger partial charge in [0.25, 0.3) is 5.91 Å². The van der Waals surface area contributed by atoms with E-state index in [-0.39, 0.29) is 23.4 Å². The SMILES string of the molecule is O=C(NC(=S)NCc1cn(-c2ccc(N3CCOCC3)c(F)c2)nn1)c1ccccc1. The van der Waals surface area contributed by atoms with E-state index in [0.717, 1.165) is 0 Å². The molecule has 10 heteroatoms. The predicted molar refractivity (Wildman–Crippen MR) is 118 cm³/mol. The molecular weight excluding hydrogens is 419 g/mol. The number of nitrogens with zero attached hydrogens (tertiary/aromatic N) is 4. The normalized spacial score (nSPS) is 13.6. The van der Waals surface area contributed by atoms with Crippen LogP contribution in [0.4, 0.5) is 10.1 Å². The molecule has 0 bridgehead atoms. The Kier molecular flexibility index (Phi) is 6.48. The summed E-state index contributed by atoms with van der Waals surface area (Å²) in [7, 11) is 0. The molecule has 1 aromatic heterocycles. The van der Waals surface area contributed by atoms with Crippen LogP contribution in [0.3, 0.4) is 0 Å². The van der Waals surface area contributed by atoms with Gasteiger partial charge in [-0.1, -0.05) is 23.4 Å². The number of amides is 1. The quantitative estimate of drug-likeness (QED) is 0.588. The smallest absolute Gasteiger partial charge is 0.257 e. The molecule has 1 aliphatic rings. The molecule has 1 amide bonds. The van der Waals surface area contributed by atoms with Gasteiger partial charge in [0.1, 0.15) is 11.5 Å². The number of halogens is 1. The fourth-order valence-corrected chi connectivity index (χ4v) is 3.35. The van der Waals surface area contributed by atoms with Gasteiger partial charge in [-0.3, -0.25) is 10.1 Å². The Morgan fingerprint density at radius 2 is 1.94 bits per heavy atom. The van der Waals surface area contributed by atoms with Crippen LogP contribution in [0.25, 0.3) is 5.69 Å². The molecule has 31 heavy (non-hydrogen) atoms. The van der Waals surface area contributed by atoms with E-state index in [2.05, 4.69) is 20.9 Å². The Labute approximate surface area is 184 Å². The molecule has 4 rings (SSSR count). The Morgan fingerprint density at radius 1 is 1.16 bits per heavy atom. The van der Waals surface area contributed by atoms with E-state index in [1.54, 1.807) is 42.6 Å². The van der Waals surface area contributed by atoms with E-state index < -0.39 is 0 Å². The number of benzene rings is 2. The summed E-state index contributed by atoms with van der Waals surface area (Å²) in [5, 5.41) is 13.8. The van der Waals surface area contributed by atoms with Gasteiger partial charge in [0.2, 0.25) is 0 Å². The number of carbonyl (C=O) groups excluding carboxylic acids is 1. The summed E-state index contributed by atoms with van der Waals surface area (Å²) in [5.41, 5.74) is 2.22. The molecule has 1 aliphatic heterocycles. The van der Waals surface area contributed by atoms with Gasteiger partial charge in [0, 0.05) is 24.7 Å². The zero-order valence-corrected chi connectivity index (χ0v) is 17.4. The van der Waals surface area contributed by atoms with Gasteiger partial charge < -0.3 is 15.0 Å². The molecular formula is C21H21FN6O2S. The molecule has 160 valence electrons. The Hall–Kier alpha value is -3.37. The summed E-state index contributed by atoms with van der Waals surface area (Å²) < 4.78 is 21.4. The molecule has 1 fully saturated rings. The van der Waals surface area contributed by atoms with E-state index in [1.165, 1.54) is 10.7 Å². The highest BCUT2D eigenvalue weighted by Gasteiger charge is 2.16. The number of aromatic nitrogens is 3. The van der Waals surface area contributed by atoms with Gasteiger partial charge in [-0.05, 0) is 36.5 Å². The number of ether oxygens (including phenoxy) is 1. The third-order valence-electron chi connectivity index (χ3n) is 4.78. The van der Waals surface area contributed by atoms with Crippen LogP contribution in [0.1, 0.15) is 16.1 Å². The summed E-state index contributed by atoms with van der Waals surface area (Å²) >= 11 is 5.16. The molecule has 0 saturated carbocycles. The zero-order chi connectivity index (χ0) is 21.6. The zero-order valence-electron chi connectivity index (χ0n) is 16.6. The number of anilines is 1. The van der Waals surface area contributed by atoms with Crippen molar-refractivity contribution in [1.82, 2.24) is 25.6 Å². The molecule has 2 N–H and O–H groups in total. The van der Waals surface area contributed by atoms with Gasteiger partial charge in [0.05, 0.1) is 37.3 Å². The second-order valence-electron chi connectivity index (χ2n) is 6.89. The van der Waals surface area contributed by atoms with Gasteiger partial charge in [0.15, 0.2) is 5.11 Å². The highest BCUT2D eigenvalue weighted by atomic mass is 32.1. The monoisotopic (exact) mass is 440 g/mol. The molecule has 8 nitrogen and oxygen atoms in total. The highest BCUT2D eigenvalue weighted by molar-refractivity contribution is 7.80. The van der Waals surface area contributed by atoms with E-state index in [0.29, 0.717) is 48.9 Å². The fraction of sp³-hybridized carbons (Fsp3) is 0.238. The fourth-order valence-electron chi connectivity index (χ4n) is 3.18. The first kappa shape index (κ1) is 20.9. The Bertz CT molecular complexity index is 1070. The number of hydrogen-bond donors (Lipinski definition) is 2. The van der Waals surface area contributed by atoms with E-state index in [4.69, 9.17) is 17.0 Å². The Balaban J connectivity index is 1.34. The summed E-state index contributed by atoms with van der Waals surface area (Å²) in [5.74, 6) is -0.614. The minimum atomic E-state index is -0.320. The van der Waals surface area contributed by atoms with Crippen LogP contribution in [0.15, 0.2) is 54.7 Å². The maximum atomic E-state index is 14.6. The predicted octanol–water partition coefficient (Wildman–Crippen LogP) is 2.05. The number of nitrogens with one attached hydrogen (secondary N) is 2. The van der Waals surface area contributed by atoms with Crippen LogP contribution < -0.4 is 15.5 Å². The van der Waals surface area contributed by atoms with Gasteiger partial charge >= 0.3 is 0 Å². The maximum absolute atomic E-state index is 14.6. The first-order valence-corrected chi connectivity index (χ1v) is 10.2. The van der Waals surface area contributed by atoms with Gasteiger partial charge in [-0.25, -0.2) is 9.07 Å². The number of hydrogen-bond acceptors (Lipinski definition) is 6. The van der Waals surface area contributed by atoms with Crippen LogP contribution in [0, 0.1) is 5.82 Å². The molecule has 0 spiro atoms. The molecule has 0 atom stereocenters. The van der Waals surface area contributed by atoms with Crippen molar-refractivity contribution in [2.75, 3.05) is 31.2 Å². The highest BCUT2D eigenvalue weighted by Crippen LogP contribution is 2.23. The van der Waals surface area contributed by atoms with E-state index in [1.807, 2.05) is 11.0 Å². The average molecular weight is 441 g/mol. The first-order valence-electron chi connectivity index (χ1n) is 9.78. The number of thiocarbonyl (C=S) groups is 1. The molecule has 1 saturated heterocycles. The minimum Gasteiger partial charge on any atom is -0.378 e. The first-order chi connectivity index (χ1) is 15.1.